The Labute approximate surface area is 230 Å². The van der Waals surface area contributed by atoms with Gasteiger partial charge in [0.05, 0.1) is 18.1 Å². The number of carbonyl (C=O) groups is 1. The minimum absolute atomic E-state index is 0.278. The first-order chi connectivity index (χ1) is 19.5. The summed E-state index contributed by atoms with van der Waals surface area (Å²) in [6.45, 7) is 5.27. The number of pyridine rings is 1. The number of carbonyl (C=O) groups excluding carboxylic acids is 1. The summed E-state index contributed by atoms with van der Waals surface area (Å²) in [7, 11) is 2.16. The van der Waals surface area contributed by atoms with Crippen molar-refractivity contribution in [2.24, 2.45) is 0 Å². The maximum absolute atomic E-state index is 14.6. The number of nitrogens with one attached hydrogen (secondary N) is 3. The van der Waals surface area contributed by atoms with Crippen LogP contribution in [0.15, 0.2) is 73.4 Å². The summed E-state index contributed by atoms with van der Waals surface area (Å²) < 4.78 is 14.6. The summed E-state index contributed by atoms with van der Waals surface area (Å²) in [5.74, 6) is -0.507. The molecule has 2 aromatic carbocycles. The molecule has 3 aromatic heterocycles. The molecule has 5 aromatic rings. The second-order valence-corrected chi connectivity index (χ2v) is 9.90. The van der Waals surface area contributed by atoms with Crippen LogP contribution in [0.3, 0.4) is 0 Å². The van der Waals surface area contributed by atoms with Crippen LogP contribution < -0.4 is 10.6 Å². The average Bonchev–Trinajstić information content (AvgIpc) is 3.38. The second-order valence-electron chi connectivity index (χ2n) is 9.90. The van der Waals surface area contributed by atoms with Gasteiger partial charge in [-0.1, -0.05) is 24.3 Å². The minimum atomic E-state index is -0.543. The quantitative estimate of drug-likeness (QED) is 0.290. The van der Waals surface area contributed by atoms with Crippen LogP contribution in [-0.2, 0) is 6.54 Å². The molecule has 0 saturated carbocycles. The van der Waals surface area contributed by atoms with Gasteiger partial charge in [0.15, 0.2) is 5.65 Å². The highest BCUT2D eigenvalue weighted by Gasteiger charge is 2.16. The minimum Gasteiger partial charge on any atom is -0.308 e. The van der Waals surface area contributed by atoms with E-state index < -0.39 is 11.8 Å². The molecule has 1 saturated heterocycles. The molecule has 1 aliphatic heterocycles. The van der Waals surface area contributed by atoms with E-state index in [9.17, 15) is 9.18 Å². The summed E-state index contributed by atoms with van der Waals surface area (Å²) in [5, 5.41) is 13.4. The highest BCUT2D eigenvalue weighted by atomic mass is 19.1. The number of fused-ring (bicyclic) bond motifs is 1. The van der Waals surface area contributed by atoms with Crippen molar-refractivity contribution in [2.45, 2.75) is 6.54 Å². The van der Waals surface area contributed by atoms with Gasteiger partial charge >= 0.3 is 6.03 Å². The normalized spacial score (nSPS) is 14.3. The number of hydrogen-bond donors (Lipinski definition) is 3. The van der Waals surface area contributed by atoms with Gasteiger partial charge in [-0.2, -0.15) is 5.10 Å². The lowest BCUT2D eigenvalue weighted by Crippen LogP contribution is -2.43. The third-order valence-corrected chi connectivity index (χ3v) is 6.95. The molecule has 202 valence electrons. The van der Waals surface area contributed by atoms with E-state index in [1.807, 2.05) is 6.07 Å². The van der Waals surface area contributed by atoms with Gasteiger partial charge in [0, 0.05) is 61.1 Å². The topological polar surface area (TPSA) is 115 Å². The number of hydrogen-bond acceptors (Lipinski definition) is 7. The molecule has 40 heavy (non-hydrogen) atoms. The Morgan fingerprint density at radius 2 is 1.65 bits per heavy atom. The molecule has 4 heterocycles. The average molecular weight is 538 g/mol. The number of likely N-dealkylation sites (N-methyl/N-ethyl adjacent to an activating group) is 1. The second kappa shape index (κ2) is 11.2. The largest absolute Gasteiger partial charge is 0.323 e. The molecular weight excluding hydrogens is 509 g/mol. The number of amides is 2. The van der Waals surface area contributed by atoms with Crippen LogP contribution in [0.2, 0.25) is 0 Å². The molecule has 0 atom stereocenters. The number of H-pyrrole nitrogens is 1. The van der Waals surface area contributed by atoms with Crippen molar-refractivity contribution in [3.05, 3.63) is 84.8 Å². The molecule has 0 spiro atoms. The number of anilines is 2. The summed E-state index contributed by atoms with van der Waals surface area (Å²) in [6.07, 6.45) is 6.09. The standard InChI is InChI=1S/C29H28FN9O/c1-38-6-8-39(9-7-38)17-19-2-4-20(5-3-19)22-12-26-27(36-37-28(26)33-14-22)21-10-23(30)13-24(11-21)34-29(40)35-25-15-31-18-32-16-25/h2-5,10-16,18H,6-9,17H2,1H3,(H,33,36,37)(H2,34,35,40). The highest BCUT2D eigenvalue weighted by Crippen LogP contribution is 2.31. The van der Waals surface area contributed by atoms with Gasteiger partial charge in [0.1, 0.15) is 17.8 Å². The van der Waals surface area contributed by atoms with Crippen molar-refractivity contribution in [1.29, 1.82) is 0 Å². The number of nitrogens with zero attached hydrogens (tertiary/aromatic N) is 6. The Balaban J connectivity index is 1.22. The molecule has 0 aliphatic carbocycles. The number of benzene rings is 2. The zero-order valence-electron chi connectivity index (χ0n) is 21.9. The number of aromatic amines is 1. The molecule has 0 unspecified atom stereocenters. The van der Waals surface area contributed by atoms with Crippen molar-refractivity contribution in [3.8, 4) is 22.4 Å². The van der Waals surface area contributed by atoms with Crippen LogP contribution in [0.4, 0.5) is 20.6 Å². The number of urea groups is 1. The van der Waals surface area contributed by atoms with Crippen molar-refractivity contribution >= 4 is 28.4 Å². The first-order valence-electron chi connectivity index (χ1n) is 13.0. The molecule has 0 bridgehead atoms. The van der Waals surface area contributed by atoms with Crippen molar-refractivity contribution in [3.63, 3.8) is 0 Å². The van der Waals surface area contributed by atoms with Crippen molar-refractivity contribution < 1.29 is 9.18 Å². The summed E-state index contributed by atoms with van der Waals surface area (Å²) in [5.41, 5.74) is 5.57. The zero-order valence-corrected chi connectivity index (χ0v) is 21.9. The smallest absolute Gasteiger partial charge is 0.308 e. The fourth-order valence-corrected chi connectivity index (χ4v) is 4.80. The van der Waals surface area contributed by atoms with Gasteiger partial charge in [-0.3, -0.25) is 10.00 Å². The van der Waals surface area contributed by atoms with Crippen LogP contribution in [-0.4, -0.2) is 74.2 Å². The van der Waals surface area contributed by atoms with Crippen LogP contribution in [0.5, 0.6) is 0 Å². The third-order valence-electron chi connectivity index (χ3n) is 6.95. The molecule has 11 heteroatoms. The van der Waals surface area contributed by atoms with Crippen LogP contribution >= 0.6 is 0 Å². The fraction of sp³-hybridized carbons (Fsp3) is 0.207. The molecule has 3 N–H and O–H groups in total. The fourth-order valence-electron chi connectivity index (χ4n) is 4.80. The lowest BCUT2D eigenvalue weighted by atomic mass is 10.0. The van der Waals surface area contributed by atoms with Crippen molar-refractivity contribution in [2.75, 3.05) is 43.9 Å². The number of piperazine rings is 1. The number of halogens is 1. The van der Waals surface area contributed by atoms with E-state index in [2.05, 4.69) is 76.9 Å². The maximum Gasteiger partial charge on any atom is 0.323 e. The molecule has 6 rings (SSSR count). The Morgan fingerprint density at radius 3 is 2.42 bits per heavy atom. The van der Waals surface area contributed by atoms with Crippen LogP contribution in [0.1, 0.15) is 5.56 Å². The van der Waals surface area contributed by atoms with Gasteiger partial charge in [-0.05, 0) is 42.4 Å². The van der Waals surface area contributed by atoms with E-state index in [0.717, 1.165) is 49.2 Å². The molecule has 2 amide bonds. The SMILES string of the molecule is CN1CCN(Cc2ccc(-c3cnc4[nH]nc(-c5cc(F)cc(NC(=O)Nc6cncnc6)c5)c4c3)cc2)CC1. The summed E-state index contributed by atoms with van der Waals surface area (Å²) in [4.78, 5) is 29.5. The lowest BCUT2D eigenvalue weighted by Gasteiger charge is -2.32. The van der Waals surface area contributed by atoms with E-state index in [4.69, 9.17) is 0 Å². The van der Waals surface area contributed by atoms with E-state index >= 15 is 0 Å². The van der Waals surface area contributed by atoms with E-state index in [1.54, 1.807) is 12.3 Å². The summed E-state index contributed by atoms with van der Waals surface area (Å²) in [6, 6.07) is 14.3. The predicted molar refractivity (Wildman–Crippen MR) is 152 cm³/mol. The third kappa shape index (κ3) is 5.80. The molecule has 1 aliphatic rings. The highest BCUT2D eigenvalue weighted by molar-refractivity contribution is 6.00. The Bertz CT molecular complexity index is 1630. The van der Waals surface area contributed by atoms with Gasteiger partial charge in [0.2, 0.25) is 0 Å². The van der Waals surface area contributed by atoms with Gasteiger partial charge in [0.25, 0.3) is 0 Å². The first-order valence-corrected chi connectivity index (χ1v) is 13.0. The zero-order chi connectivity index (χ0) is 27.5. The molecule has 0 radical (unpaired) electrons. The van der Waals surface area contributed by atoms with E-state index in [1.165, 1.54) is 36.4 Å². The van der Waals surface area contributed by atoms with Crippen LogP contribution in [0, 0.1) is 5.82 Å². The van der Waals surface area contributed by atoms with Gasteiger partial charge in [-0.15, -0.1) is 0 Å². The maximum atomic E-state index is 14.6. The Kier molecular flexibility index (Phi) is 7.13. The lowest BCUT2D eigenvalue weighted by molar-refractivity contribution is 0.148. The molecule has 10 nitrogen and oxygen atoms in total. The Hall–Kier alpha value is -4.74. The van der Waals surface area contributed by atoms with Gasteiger partial charge in [-0.25, -0.2) is 24.1 Å². The van der Waals surface area contributed by atoms with Crippen LogP contribution in [0.25, 0.3) is 33.4 Å². The summed E-state index contributed by atoms with van der Waals surface area (Å²) >= 11 is 0. The van der Waals surface area contributed by atoms with E-state index in [0.29, 0.717) is 22.6 Å². The molecule has 1 fully saturated rings. The Morgan fingerprint density at radius 1 is 0.900 bits per heavy atom. The van der Waals surface area contributed by atoms with Gasteiger partial charge < -0.3 is 15.5 Å². The molecular formula is C29H28FN9O. The number of rotatable bonds is 6. The predicted octanol–water partition coefficient (Wildman–Crippen LogP) is 4.61. The monoisotopic (exact) mass is 537 g/mol. The van der Waals surface area contributed by atoms with Crippen molar-refractivity contribution in [1.82, 2.24) is 34.9 Å². The first kappa shape index (κ1) is 25.5. The van der Waals surface area contributed by atoms with E-state index in [-0.39, 0.29) is 5.69 Å². The number of aromatic nitrogens is 5.